The van der Waals surface area contributed by atoms with Crippen molar-refractivity contribution in [3.63, 3.8) is 0 Å². The highest BCUT2D eigenvalue weighted by Gasteiger charge is 2.10. The summed E-state index contributed by atoms with van der Waals surface area (Å²) in [5, 5.41) is 8.41. The van der Waals surface area contributed by atoms with Crippen molar-refractivity contribution >= 4 is 32.9 Å². The zero-order chi connectivity index (χ0) is 11.1. The van der Waals surface area contributed by atoms with Crippen LogP contribution in [0.2, 0.25) is 0 Å². The first kappa shape index (κ1) is 9.99. The van der Waals surface area contributed by atoms with Crippen molar-refractivity contribution in [2.24, 2.45) is 0 Å². The van der Waals surface area contributed by atoms with Gasteiger partial charge in [0.1, 0.15) is 0 Å². The van der Waals surface area contributed by atoms with Gasteiger partial charge in [-0.05, 0) is 47.1 Å². The molecule has 3 aromatic rings. The second-order valence-corrected chi connectivity index (χ2v) is 5.63. The lowest BCUT2D eigenvalue weighted by Crippen LogP contribution is -1.86. The van der Waals surface area contributed by atoms with Gasteiger partial charge in [0.05, 0.1) is 9.35 Å². The third-order valence-corrected chi connectivity index (χ3v) is 3.96. The summed E-state index contributed by atoms with van der Waals surface area (Å²) in [6.07, 6.45) is 1.98. The summed E-state index contributed by atoms with van der Waals surface area (Å²) in [7, 11) is 0. The third kappa shape index (κ3) is 1.47. The number of rotatable bonds is 1. The van der Waals surface area contributed by atoms with Crippen molar-refractivity contribution in [3.05, 3.63) is 39.8 Å². The maximum atomic E-state index is 4.23. The smallest absolute Gasteiger partial charge is 0.178 e. The van der Waals surface area contributed by atoms with Gasteiger partial charge in [0, 0.05) is 11.1 Å². The van der Waals surface area contributed by atoms with Crippen LogP contribution >= 0.6 is 27.3 Å². The van der Waals surface area contributed by atoms with Gasteiger partial charge in [-0.1, -0.05) is 0 Å². The summed E-state index contributed by atoms with van der Waals surface area (Å²) < 4.78 is 2.96. The highest BCUT2D eigenvalue weighted by molar-refractivity contribution is 9.10. The molecule has 5 heteroatoms. The number of nitrogens with zero attached hydrogens (tertiary/aromatic N) is 3. The number of halogens is 1. The molecule has 0 radical (unpaired) electrons. The lowest BCUT2D eigenvalue weighted by Gasteiger charge is -1.97. The summed E-state index contributed by atoms with van der Waals surface area (Å²) in [5.41, 5.74) is 0.851. The Morgan fingerprint density at radius 3 is 2.88 bits per heavy atom. The molecule has 0 atom stereocenters. The molecule has 3 rings (SSSR count). The zero-order valence-corrected chi connectivity index (χ0v) is 10.9. The van der Waals surface area contributed by atoms with Crippen molar-refractivity contribution in [1.82, 2.24) is 14.6 Å². The topological polar surface area (TPSA) is 30.2 Å². The summed E-state index contributed by atoms with van der Waals surface area (Å²) in [6, 6.07) is 8.12. The van der Waals surface area contributed by atoms with E-state index in [9.17, 15) is 0 Å². The number of thiophene rings is 1. The average molecular weight is 294 g/mol. The summed E-state index contributed by atoms with van der Waals surface area (Å²) in [5.74, 6) is 0.898. The Morgan fingerprint density at radius 2 is 2.12 bits per heavy atom. The Kier molecular flexibility index (Phi) is 2.29. The van der Waals surface area contributed by atoms with Gasteiger partial charge in [0.2, 0.25) is 0 Å². The first-order chi connectivity index (χ1) is 7.75. The van der Waals surface area contributed by atoms with E-state index in [-0.39, 0.29) is 0 Å². The molecule has 0 aromatic carbocycles. The van der Waals surface area contributed by atoms with Crippen molar-refractivity contribution < 1.29 is 0 Å². The van der Waals surface area contributed by atoms with Crippen LogP contribution < -0.4 is 0 Å². The molecule has 0 saturated carbocycles. The normalized spacial score (nSPS) is 11.1. The van der Waals surface area contributed by atoms with Gasteiger partial charge in [-0.25, -0.2) is 0 Å². The number of aryl methyl sites for hydroxylation is 1. The monoisotopic (exact) mass is 293 g/mol. The standard InChI is InChI=1S/C11H8BrN3S/c1-7-4-5-9(16-7)11-14-13-10-8(12)3-2-6-15(10)11/h2-6H,1H3. The number of hydrogen-bond donors (Lipinski definition) is 0. The minimum Gasteiger partial charge on any atom is -0.281 e. The van der Waals surface area contributed by atoms with Crippen LogP contribution in [0.15, 0.2) is 34.9 Å². The second kappa shape index (κ2) is 3.68. The van der Waals surface area contributed by atoms with E-state index in [4.69, 9.17) is 0 Å². The number of aromatic nitrogens is 3. The van der Waals surface area contributed by atoms with E-state index in [0.717, 1.165) is 20.8 Å². The molecule has 0 aliphatic rings. The van der Waals surface area contributed by atoms with Gasteiger partial charge < -0.3 is 0 Å². The quantitative estimate of drug-likeness (QED) is 0.687. The van der Waals surface area contributed by atoms with Crippen LogP contribution in [0.25, 0.3) is 16.3 Å². The lowest BCUT2D eigenvalue weighted by molar-refractivity contribution is 1.12. The number of fused-ring (bicyclic) bond motifs is 1. The van der Waals surface area contributed by atoms with Gasteiger partial charge in [-0.15, -0.1) is 21.5 Å². The van der Waals surface area contributed by atoms with E-state index < -0.39 is 0 Å². The van der Waals surface area contributed by atoms with E-state index in [1.807, 2.05) is 22.7 Å². The van der Waals surface area contributed by atoms with E-state index in [2.05, 4.69) is 45.2 Å². The molecule has 0 unspecified atom stereocenters. The summed E-state index contributed by atoms with van der Waals surface area (Å²) in [6.45, 7) is 2.09. The molecular formula is C11H8BrN3S. The molecule has 3 nitrogen and oxygen atoms in total. The number of hydrogen-bond acceptors (Lipinski definition) is 3. The molecule has 0 fully saturated rings. The number of pyridine rings is 1. The van der Waals surface area contributed by atoms with E-state index in [1.54, 1.807) is 11.3 Å². The molecule has 3 heterocycles. The Labute approximate surface area is 105 Å². The average Bonchev–Trinajstić information content (AvgIpc) is 2.84. The molecule has 16 heavy (non-hydrogen) atoms. The van der Waals surface area contributed by atoms with Crippen LogP contribution in [0.4, 0.5) is 0 Å². The minimum atomic E-state index is 0.851. The van der Waals surface area contributed by atoms with Crippen molar-refractivity contribution in [3.8, 4) is 10.7 Å². The predicted molar refractivity (Wildman–Crippen MR) is 68.7 cm³/mol. The fourth-order valence-corrected chi connectivity index (χ4v) is 2.88. The fourth-order valence-electron chi connectivity index (χ4n) is 1.61. The molecule has 0 aliphatic carbocycles. The highest BCUT2D eigenvalue weighted by atomic mass is 79.9. The van der Waals surface area contributed by atoms with Gasteiger partial charge in [0.15, 0.2) is 11.5 Å². The van der Waals surface area contributed by atoms with Crippen LogP contribution in [0.5, 0.6) is 0 Å². The van der Waals surface area contributed by atoms with E-state index in [1.165, 1.54) is 4.88 Å². The van der Waals surface area contributed by atoms with Gasteiger partial charge in [-0.3, -0.25) is 4.40 Å². The molecule has 0 aliphatic heterocycles. The lowest BCUT2D eigenvalue weighted by atomic mass is 10.4. The molecule has 80 valence electrons. The zero-order valence-electron chi connectivity index (χ0n) is 8.51. The van der Waals surface area contributed by atoms with Gasteiger partial charge in [-0.2, -0.15) is 0 Å². The molecule has 0 bridgehead atoms. The first-order valence-corrected chi connectivity index (χ1v) is 6.43. The SMILES string of the molecule is Cc1ccc(-c2nnc3c(Br)cccn23)s1. The van der Waals surface area contributed by atoms with Gasteiger partial charge in [0.25, 0.3) is 0 Å². The predicted octanol–water partition coefficient (Wildman–Crippen LogP) is 3.53. The van der Waals surface area contributed by atoms with Crippen LogP contribution in [0.3, 0.4) is 0 Å². The van der Waals surface area contributed by atoms with Crippen molar-refractivity contribution in [1.29, 1.82) is 0 Å². The fraction of sp³-hybridized carbons (Fsp3) is 0.0909. The Morgan fingerprint density at radius 1 is 1.25 bits per heavy atom. The Hall–Kier alpha value is -1.20. The first-order valence-electron chi connectivity index (χ1n) is 4.82. The largest absolute Gasteiger partial charge is 0.281 e. The van der Waals surface area contributed by atoms with Crippen molar-refractivity contribution in [2.45, 2.75) is 6.92 Å². The second-order valence-electron chi connectivity index (χ2n) is 3.48. The highest BCUT2D eigenvalue weighted by Crippen LogP contribution is 2.27. The molecule has 0 spiro atoms. The molecule has 0 saturated heterocycles. The van der Waals surface area contributed by atoms with Crippen molar-refractivity contribution in [2.75, 3.05) is 0 Å². The van der Waals surface area contributed by atoms with Crippen LogP contribution in [-0.4, -0.2) is 14.6 Å². The van der Waals surface area contributed by atoms with Crippen LogP contribution in [-0.2, 0) is 0 Å². The molecule has 3 aromatic heterocycles. The summed E-state index contributed by atoms with van der Waals surface area (Å²) >= 11 is 5.20. The summed E-state index contributed by atoms with van der Waals surface area (Å²) in [4.78, 5) is 2.42. The van der Waals surface area contributed by atoms with Crippen LogP contribution in [0, 0.1) is 6.92 Å². The molecule has 0 N–H and O–H groups in total. The van der Waals surface area contributed by atoms with Crippen LogP contribution in [0.1, 0.15) is 4.88 Å². The van der Waals surface area contributed by atoms with E-state index >= 15 is 0 Å². The maximum Gasteiger partial charge on any atom is 0.178 e. The third-order valence-electron chi connectivity index (χ3n) is 2.35. The van der Waals surface area contributed by atoms with E-state index in [0.29, 0.717) is 0 Å². The molecular weight excluding hydrogens is 286 g/mol. The Bertz CT molecular complexity index is 656. The molecule has 0 amide bonds. The maximum absolute atomic E-state index is 4.23. The Balaban J connectivity index is 2.29. The minimum absolute atomic E-state index is 0.851. The van der Waals surface area contributed by atoms with Gasteiger partial charge >= 0.3 is 0 Å².